The lowest BCUT2D eigenvalue weighted by atomic mass is 10.1. The molecule has 0 bridgehead atoms. The number of methoxy groups -OCH3 is 1. The third-order valence-corrected chi connectivity index (χ3v) is 4.53. The topological polar surface area (TPSA) is 94.8 Å². The number of benzene rings is 1. The molecular formula is C19H19N5O3. The molecule has 0 aliphatic carbocycles. The van der Waals surface area contributed by atoms with Gasteiger partial charge in [0, 0.05) is 18.4 Å². The molecule has 2 aliphatic heterocycles. The molecule has 0 fully saturated rings. The number of carbonyl (C=O) groups excluding carboxylic acids is 1. The molecule has 0 atom stereocenters. The van der Waals surface area contributed by atoms with E-state index in [4.69, 9.17) is 9.72 Å². The largest absolute Gasteiger partial charge is 0.465 e. The number of para-hydroxylation sites is 2. The summed E-state index contributed by atoms with van der Waals surface area (Å²) in [7, 11) is 1.30. The molecule has 4 rings (SSSR count). The summed E-state index contributed by atoms with van der Waals surface area (Å²) < 4.78 is 8.76. The molecule has 0 radical (unpaired) electrons. The second kappa shape index (κ2) is 6.39. The fourth-order valence-corrected chi connectivity index (χ4v) is 3.39. The van der Waals surface area contributed by atoms with Gasteiger partial charge in [-0.3, -0.25) is 4.79 Å². The van der Waals surface area contributed by atoms with Gasteiger partial charge in [0.25, 0.3) is 5.56 Å². The summed E-state index contributed by atoms with van der Waals surface area (Å²) in [4.78, 5) is 28.9. The van der Waals surface area contributed by atoms with Crippen LogP contribution in [-0.4, -0.2) is 37.4 Å². The zero-order valence-corrected chi connectivity index (χ0v) is 15.3. The zero-order chi connectivity index (χ0) is 19.1. The first-order valence-electron chi connectivity index (χ1n) is 8.62. The molecule has 2 aromatic rings. The van der Waals surface area contributed by atoms with Crippen LogP contribution in [-0.2, 0) is 11.3 Å². The molecular weight excluding hydrogens is 346 g/mol. The van der Waals surface area contributed by atoms with Crippen molar-refractivity contribution in [3.05, 3.63) is 58.4 Å². The Labute approximate surface area is 154 Å². The summed E-state index contributed by atoms with van der Waals surface area (Å²) in [6.07, 6.45) is 3.32. The van der Waals surface area contributed by atoms with E-state index in [9.17, 15) is 9.59 Å². The summed E-state index contributed by atoms with van der Waals surface area (Å²) in [6.45, 7) is 4.59. The number of ether oxygens (including phenoxy) is 1. The van der Waals surface area contributed by atoms with E-state index in [2.05, 4.69) is 28.6 Å². The number of nitrogens with zero attached hydrogens (tertiary/aromatic N) is 4. The summed E-state index contributed by atoms with van der Waals surface area (Å²) in [5, 5.41) is 6.33. The van der Waals surface area contributed by atoms with Gasteiger partial charge in [-0.2, -0.15) is 5.10 Å². The Hall–Kier alpha value is -3.42. The summed E-state index contributed by atoms with van der Waals surface area (Å²) >= 11 is 0. The first-order chi connectivity index (χ1) is 13.0. The second-order valence-electron chi connectivity index (χ2n) is 6.63. The molecule has 1 N–H and O–H groups in total. The second-order valence-corrected chi connectivity index (χ2v) is 6.63. The molecule has 0 saturated heterocycles. The van der Waals surface area contributed by atoms with Crippen LogP contribution >= 0.6 is 0 Å². The van der Waals surface area contributed by atoms with Crippen LogP contribution < -0.4 is 5.56 Å². The van der Waals surface area contributed by atoms with Crippen molar-refractivity contribution >= 4 is 17.0 Å². The number of carbonyl (C=O) groups is 1. The van der Waals surface area contributed by atoms with Crippen molar-refractivity contribution in [2.45, 2.75) is 26.4 Å². The SMILES string of the molecule is COC(=O)c1cn(Cc2nc3ccccc3n2C(C)C)cc2c(=O)[nH]nc1-2. The minimum atomic E-state index is -0.543. The Morgan fingerprint density at radius 1 is 1.26 bits per heavy atom. The Morgan fingerprint density at radius 2 is 2.04 bits per heavy atom. The molecule has 0 spiro atoms. The van der Waals surface area contributed by atoms with Gasteiger partial charge in [0.1, 0.15) is 17.1 Å². The third kappa shape index (κ3) is 2.79. The van der Waals surface area contributed by atoms with Crippen LogP contribution in [0.5, 0.6) is 0 Å². The number of aromatic nitrogens is 5. The van der Waals surface area contributed by atoms with Crippen LogP contribution in [0.2, 0.25) is 0 Å². The number of rotatable bonds is 4. The maximum absolute atomic E-state index is 12.1. The van der Waals surface area contributed by atoms with Crippen LogP contribution in [0.1, 0.15) is 36.1 Å². The van der Waals surface area contributed by atoms with Crippen LogP contribution in [0, 0.1) is 0 Å². The Kier molecular flexibility index (Phi) is 4.02. The number of aromatic amines is 1. The number of H-pyrrole nitrogens is 1. The smallest absolute Gasteiger partial charge is 0.341 e. The Morgan fingerprint density at radius 3 is 2.78 bits per heavy atom. The number of pyridine rings is 1. The predicted molar refractivity (Wildman–Crippen MR) is 100 cm³/mol. The minimum absolute atomic E-state index is 0.209. The Bertz CT molecular complexity index is 1170. The van der Waals surface area contributed by atoms with Crippen molar-refractivity contribution in [1.82, 2.24) is 24.3 Å². The van der Waals surface area contributed by atoms with Crippen molar-refractivity contribution in [2.24, 2.45) is 0 Å². The molecule has 8 nitrogen and oxygen atoms in total. The summed E-state index contributed by atoms with van der Waals surface area (Å²) in [6, 6.07) is 8.15. The van der Waals surface area contributed by atoms with Gasteiger partial charge in [0.05, 0.1) is 30.3 Å². The molecule has 3 heterocycles. The standard InChI is InChI=1S/C19H19N5O3/c1-11(2)24-15-7-5-4-6-14(15)20-16(24)10-23-8-12-17(21-22-18(12)25)13(9-23)19(26)27-3/h4-9,11H,10H2,1-3H3,(H,22,25). The van der Waals surface area contributed by atoms with E-state index in [1.165, 1.54) is 7.11 Å². The van der Waals surface area contributed by atoms with E-state index in [0.717, 1.165) is 16.9 Å². The molecule has 2 aliphatic rings. The van der Waals surface area contributed by atoms with E-state index in [1.807, 2.05) is 24.3 Å². The highest BCUT2D eigenvalue weighted by Gasteiger charge is 2.22. The van der Waals surface area contributed by atoms with Crippen LogP contribution in [0.15, 0.2) is 41.5 Å². The molecule has 8 heteroatoms. The lowest BCUT2D eigenvalue weighted by Gasteiger charge is -2.15. The van der Waals surface area contributed by atoms with Crippen LogP contribution in [0.4, 0.5) is 0 Å². The highest BCUT2D eigenvalue weighted by atomic mass is 16.5. The molecule has 27 heavy (non-hydrogen) atoms. The highest BCUT2D eigenvalue weighted by molar-refractivity contribution is 5.95. The fraction of sp³-hybridized carbons (Fsp3) is 0.263. The number of nitrogens with one attached hydrogen (secondary N) is 1. The molecule has 0 saturated carbocycles. The number of hydrogen-bond acceptors (Lipinski definition) is 5. The van der Waals surface area contributed by atoms with E-state index < -0.39 is 5.97 Å². The number of fused-ring (bicyclic) bond motifs is 2. The highest BCUT2D eigenvalue weighted by Crippen LogP contribution is 2.24. The van der Waals surface area contributed by atoms with Crippen molar-refractivity contribution in [3.63, 3.8) is 0 Å². The fourth-order valence-electron chi connectivity index (χ4n) is 3.39. The van der Waals surface area contributed by atoms with E-state index in [-0.39, 0.29) is 17.2 Å². The Balaban J connectivity index is 1.87. The lowest BCUT2D eigenvalue weighted by Crippen LogP contribution is -2.15. The van der Waals surface area contributed by atoms with Gasteiger partial charge in [-0.25, -0.2) is 14.9 Å². The molecule has 0 amide bonds. The summed E-state index contributed by atoms with van der Waals surface area (Å²) in [5.74, 6) is 0.292. The van der Waals surface area contributed by atoms with Crippen molar-refractivity contribution in [1.29, 1.82) is 0 Å². The molecule has 1 aromatic heterocycles. The summed E-state index contributed by atoms with van der Waals surface area (Å²) in [5.41, 5.74) is 2.49. The first kappa shape index (κ1) is 17.0. The van der Waals surface area contributed by atoms with Gasteiger partial charge in [-0.1, -0.05) is 12.1 Å². The maximum atomic E-state index is 12.1. The number of hydrogen-bond donors (Lipinski definition) is 1. The molecule has 1 aromatic carbocycles. The van der Waals surface area contributed by atoms with Gasteiger partial charge in [-0.15, -0.1) is 0 Å². The van der Waals surface area contributed by atoms with Crippen LogP contribution in [0.25, 0.3) is 22.3 Å². The van der Waals surface area contributed by atoms with E-state index in [0.29, 0.717) is 17.8 Å². The number of imidazole rings is 1. The monoisotopic (exact) mass is 365 g/mol. The van der Waals surface area contributed by atoms with Gasteiger partial charge in [0.15, 0.2) is 0 Å². The van der Waals surface area contributed by atoms with Gasteiger partial charge >= 0.3 is 5.97 Å². The van der Waals surface area contributed by atoms with Crippen molar-refractivity contribution in [3.8, 4) is 11.3 Å². The van der Waals surface area contributed by atoms with Crippen molar-refractivity contribution in [2.75, 3.05) is 7.11 Å². The van der Waals surface area contributed by atoms with Gasteiger partial charge in [0.2, 0.25) is 0 Å². The average molecular weight is 365 g/mol. The quantitative estimate of drug-likeness (QED) is 0.561. The van der Waals surface area contributed by atoms with Gasteiger partial charge in [-0.05, 0) is 26.0 Å². The maximum Gasteiger partial charge on any atom is 0.341 e. The number of esters is 1. The predicted octanol–water partition coefficient (Wildman–Crippen LogP) is 2.44. The molecule has 0 unspecified atom stereocenters. The zero-order valence-electron chi connectivity index (χ0n) is 15.3. The normalized spacial score (nSPS) is 11.6. The van der Waals surface area contributed by atoms with Crippen molar-refractivity contribution < 1.29 is 9.53 Å². The average Bonchev–Trinajstić information content (AvgIpc) is 3.21. The molecule has 138 valence electrons. The van der Waals surface area contributed by atoms with E-state index >= 15 is 0 Å². The minimum Gasteiger partial charge on any atom is -0.465 e. The third-order valence-electron chi connectivity index (χ3n) is 4.53. The van der Waals surface area contributed by atoms with E-state index in [1.54, 1.807) is 17.0 Å². The van der Waals surface area contributed by atoms with Crippen LogP contribution in [0.3, 0.4) is 0 Å². The first-order valence-corrected chi connectivity index (χ1v) is 8.62. The lowest BCUT2D eigenvalue weighted by molar-refractivity contribution is 0.0600. The van der Waals surface area contributed by atoms with Gasteiger partial charge < -0.3 is 13.9 Å².